The third-order valence-corrected chi connectivity index (χ3v) is 6.59. The first kappa shape index (κ1) is 22.5. The third-order valence-electron chi connectivity index (χ3n) is 5.46. The lowest BCUT2D eigenvalue weighted by Gasteiger charge is -2.22. The average Bonchev–Trinajstić information content (AvgIpc) is 2.81. The van der Waals surface area contributed by atoms with Gasteiger partial charge >= 0.3 is 10.1 Å². The molecule has 0 spiro atoms. The van der Waals surface area contributed by atoms with Crippen LogP contribution in [0.2, 0.25) is 0 Å². The van der Waals surface area contributed by atoms with Gasteiger partial charge in [0.2, 0.25) is 0 Å². The highest BCUT2D eigenvalue weighted by Crippen LogP contribution is 2.32. The molecule has 0 aliphatic heterocycles. The highest BCUT2D eigenvalue weighted by atomic mass is 32.2. The molecule has 0 unspecified atom stereocenters. The van der Waals surface area contributed by atoms with Crippen molar-refractivity contribution in [2.45, 2.75) is 37.7 Å². The summed E-state index contributed by atoms with van der Waals surface area (Å²) in [6.07, 6.45) is 1.78. The molecule has 170 valence electrons. The van der Waals surface area contributed by atoms with Crippen LogP contribution in [0.25, 0.3) is 0 Å². The Labute approximate surface area is 193 Å². The molecule has 8 heteroatoms. The smallest absolute Gasteiger partial charge is 0.358 e. The van der Waals surface area contributed by atoms with Crippen molar-refractivity contribution in [3.05, 3.63) is 94.5 Å². The van der Waals surface area contributed by atoms with Crippen molar-refractivity contribution in [2.75, 3.05) is 0 Å². The van der Waals surface area contributed by atoms with E-state index in [2.05, 4.69) is 5.16 Å². The van der Waals surface area contributed by atoms with E-state index in [1.165, 1.54) is 12.1 Å². The van der Waals surface area contributed by atoms with Gasteiger partial charge in [0.25, 0.3) is 5.91 Å². The first-order valence-corrected chi connectivity index (χ1v) is 12.0. The van der Waals surface area contributed by atoms with Crippen LogP contribution in [0.4, 0.5) is 0 Å². The van der Waals surface area contributed by atoms with Gasteiger partial charge in [-0.15, -0.1) is 0 Å². The average molecular weight is 465 g/mol. The van der Waals surface area contributed by atoms with E-state index in [0.717, 1.165) is 11.1 Å². The van der Waals surface area contributed by atoms with Gasteiger partial charge in [-0.1, -0.05) is 53.2 Å². The summed E-state index contributed by atoms with van der Waals surface area (Å²) < 4.78 is 35.9. The summed E-state index contributed by atoms with van der Waals surface area (Å²) in [7, 11) is -4.06. The molecule has 3 aromatic carbocycles. The summed E-state index contributed by atoms with van der Waals surface area (Å²) in [5, 5.41) is 3.95. The molecule has 0 saturated carbocycles. The van der Waals surface area contributed by atoms with Gasteiger partial charge in [-0.05, 0) is 61.6 Å². The van der Waals surface area contributed by atoms with Gasteiger partial charge in [-0.2, -0.15) is 8.42 Å². The Morgan fingerprint density at radius 2 is 1.73 bits per heavy atom. The van der Waals surface area contributed by atoms with Crippen LogP contribution in [0, 0.1) is 6.92 Å². The van der Waals surface area contributed by atoms with Gasteiger partial charge in [0.05, 0.1) is 11.3 Å². The minimum atomic E-state index is -4.06. The van der Waals surface area contributed by atoms with Crippen molar-refractivity contribution in [3.8, 4) is 5.75 Å². The third kappa shape index (κ3) is 5.06. The standard InChI is InChI=1S/C25H24N2O5S/c1-17-10-12-19(13-11-17)33(29,30)32-27-22-9-5-8-21-20(22)14-15-23(24(21)25(26)28)31-16-18-6-3-2-4-7-18/h2-4,6-7,10-15H,5,8-9,16H2,1H3,(H2,26,28). The molecule has 0 atom stereocenters. The minimum absolute atomic E-state index is 0.0240. The number of fused-ring (bicyclic) bond motifs is 1. The molecule has 0 fully saturated rings. The molecule has 1 amide bonds. The lowest BCUT2D eigenvalue weighted by atomic mass is 9.86. The minimum Gasteiger partial charge on any atom is -0.488 e. The first-order valence-electron chi connectivity index (χ1n) is 10.5. The number of ether oxygens (including phenoxy) is 1. The highest BCUT2D eigenvalue weighted by molar-refractivity contribution is 7.86. The summed E-state index contributed by atoms with van der Waals surface area (Å²) in [5.74, 6) is -0.219. The zero-order chi connectivity index (χ0) is 23.4. The van der Waals surface area contributed by atoms with Crippen LogP contribution >= 0.6 is 0 Å². The summed E-state index contributed by atoms with van der Waals surface area (Å²) in [6.45, 7) is 2.16. The van der Waals surface area contributed by atoms with Crippen LogP contribution in [0.3, 0.4) is 0 Å². The van der Waals surface area contributed by atoms with E-state index < -0.39 is 16.0 Å². The fraction of sp³-hybridized carbons (Fsp3) is 0.200. The maximum Gasteiger partial charge on any atom is 0.358 e. The maximum absolute atomic E-state index is 12.5. The number of carbonyl (C=O) groups excluding carboxylic acids is 1. The quantitative estimate of drug-likeness (QED) is 0.529. The lowest BCUT2D eigenvalue weighted by Crippen LogP contribution is -2.22. The van der Waals surface area contributed by atoms with Gasteiger partial charge in [0.1, 0.15) is 17.3 Å². The number of primary amides is 1. The fourth-order valence-corrected chi connectivity index (χ4v) is 4.53. The molecular formula is C25H24N2O5S. The van der Waals surface area contributed by atoms with Crippen LogP contribution in [0.1, 0.15) is 45.5 Å². The van der Waals surface area contributed by atoms with Crippen molar-refractivity contribution in [2.24, 2.45) is 10.9 Å². The second-order valence-electron chi connectivity index (χ2n) is 7.84. The number of carbonyl (C=O) groups is 1. The molecule has 0 saturated heterocycles. The van der Waals surface area contributed by atoms with E-state index >= 15 is 0 Å². The lowest BCUT2D eigenvalue weighted by molar-refractivity contribution is 0.0994. The molecule has 2 N–H and O–H groups in total. The SMILES string of the molecule is Cc1ccc(S(=O)(=O)ON=C2CCCc3c2ccc(OCc2ccccc2)c3C(N)=O)cc1. The van der Waals surface area contributed by atoms with Crippen LogP contribution in [0.5, 0.6) is 5.75 Å². The molecule has 1 aliphatic rings. The van der Waals surface area contributed by atoms with E-state index in [4.69, 9.17) is 14.8 Å². The Kier molecular flexibility index (Phi) is 6.46. The van der Waals surface area contributed by atoms with Crippen molar-refractivity contribution in [1.29, 1.82) is 0 Å². The maximum atomic E-state index is 12.5. The van der Waals surface area contributed by atoms with E-state index in [0.29, 0.717) is 48.5 Å². The molecule has 3 aromatic rings. The van der Waals surface area contributed by atoms with E-state index in [1.54, 1.807) is 24.3 Å². The zero-order valence-electron chi connectivity index (χ0n) is 18.2. The Morgan fingerprint density at radius 1 is 1.00 bits per heavy atom. The Balaban J connectivity index is 1.63. The summed E-state index contributed by atoms with van der Waals surface area (Å²) in [6, 6.07) is 19.4. The molecule has 0 heterocycles. The molecule has 4 rings (SSSR count). The van der Waals surface area contributed by atoms with E-state index in [1.807, 2.05) is 37.3 Å². The van der Waals surface area contributed by atoms with Gasteiger partial charge in [0, 0.05) is 5.56 Å². The second-order valence-corrected chi connectivity index (χ2v) is 9.37. The number of oxime groups is 1. The van der Waals surface area contributed by atoms with Gasteiger partial charge in [-0.25, -0.2) is 0 Å². The summed E-state index contributed by atoms with van der Waals surface area (Å²) in [4.78, 5) is 12.3. The van der Waals surface area contributed by atoms with Crippen molar-refractivity contribution < 1.29 is 22.2 Å². The topological polar surface area (TPSA) is 108 Å². The number of benzene rings is 3. The number of nitrogens with zero attached hydrogens (tertiary/aromatic N) is 1. The zero-order valence-corrected chi connectivity index (χ0v) is 19.0. The van der Waals surface area contributed by atoms with Crippen molar-refractivity contribution in [3.63, 3.8) is 0 Å². The Hall–Kier alpha value is -3.65. The highest BCUT2D eigenvalue weighted by Gasteiger charge is 2.26. The number of nitrogens with two attached hydrogens (primary N) is 1. The fourth-order valence-electron chi connectivity index (χ4n) is 3.79. The number of aryl methyl sites for hydroxylation is 1. The Bertz CT molecular complexity index is 1300. The van der Waals surface area contributed by atoms with Crippen LogP contribution < -0.4 is 10.5 Å². The van der Waals surface area contributed by atoms with Gasteiger partial charge < -0.3 is 10.5 Å². The molecule has 0 radical (unpaired) electrons. The molecule has 7 nitrogen and oxygen atoms in total. The normalized spacial score (nSPS) is 14.5. The van der Waals surface area contributed by atoms with E-state index in [9.17, 15) is 13.2 Å². The van der Waals surface area contributed by atoms with Crippen LogP contribution in [-0.4, -0.2) is 20.0 Å². The number of rotatable bonds is 7. The number of hydrogen-bond donors (Lipinski definition) is 1. The Morgan fingerprint density at radius 3 is 2.42 bits per heavy atom. The molecule has 1 aliphatic carbocycles. The molecule has 0 bridgehead atoms. The number of amides is 1. The van der Waals surface area contributed by atoms with Crippen LogP contribution in [-0.2, 0) is 27.4 Å². The van der Waals surface area contributed by atoms with Crippen molar-refractivity contribution in [1.82, 2.24) is 0 Å². The largest absolute Gasteiger partial charge is 0.488 e. The van der Waals surface area contributed by atoms with Gasteiger partial charge in [-0.3, -0.25) is 9.08 Å². The summed E-state index contributed by atoms with van der Waals surface area (Å²) in [5.41, 5.74) is 9.66. The van der Waals surface area contributed by atoms with Gasteiger partial charge in [0.15, 0.2) is 0 Å². The second kappa shape index (κ2) is 9.46. The predicted molar refractivity (Wildman–Crippen MR) is 125 cm³/mol. The first-order chi connectivity index (χ1) is 15.8. The monoisotopic (exact) mass is 464 g/mol. The molecule has 0 aromatic heterocycles. The predicted octanol–water partition coefficient (Wildman–Crippen LogP) is 4.12. The van der Waals surface area contributed by atoms with Crippen LogP contribution in [0.15, 0.2) is 76.8 Å². The molecule has 33 heavy (non-hydrogen) atoms. The molecular weight excluding hydrogens is 440 g/mol. The van der Waals surface area contributed by atoms with E-state index in [-0.39, 0.29) is 10.5 Å². The number of hydrogen-bond acceptors (Lipinski definition) is 6. The van der Waals surface area contributed by atoms with Crippen molar-refractivity contribution >= 4 is 21.7 Å². The summed E-state index contributed by atoms with van der Waals surface area (Å²) >= 11 is 0.